The van der Waals surface area contributed by atoms with Gasteiger partial charge >= 0.3 is 0 Å². The first-order valence-electron chi connectivity index (χ1n) is 6.04. The number of aromatic nitrogens is 3. The monoisotopic (exact) mass is 236 g/mol. The van der Waals surface area contributed by atoms with Gasteiger partial charge in [0, 0.05) is 27.7 Å². The molecule has 1 saturated carbocycles. The summed E-state index contributed by atoms with van der Waals surface area (Å²) in [4.78, 5) is 14.8. The summed E-state index contributed by atoms with van der Waals surface area (Å²) in [5.74, 6) is 2.70. The van der Waals surface area contributed by atoms with Crippen molar-refractivity contribution in [3.63, 3.8) is 0 Å². The fraction of sp³-hybridized carbons (Fsp3) is 0.727. The van der Waals surface area contributed by atoms with Crippen molar-refractivity contribution >= 4 is 17.8 Å². The van der Waals surface area contributed by atoms with Crippen LogP contribution in [0.1, 0.15) is 19.3 Å². The maximum atomic E-state index is 4.36. The van der Waals surface area contributed by atoms with Crippen LogP contribution in [0.25, 0.3) is 0 Å². The van der Waals surface area contributed by atoms with Crippen molar-refractivity contribution in [3.05, 3.63) is 0 Å². The number of rotatable bonds is 5. The van der Waals surface area contributed by atoms with Crippen molar-refractivity contribution < 1.29 is 0 Å². The molecular formula is C11H20N6. The van der Waals surface area contributed by atoms with Gasteiger partial charge in [-0.05, 0) is 18.8 Å². The van der Waals surface area contributed by atoms with Crippen LogP contribution in [-0.2, 0) is 0 Å². The van der Waals surface area contributed by atoms with Gasteiger partial charge in [0.25, 0.3) is 0 Å². The van der Waals surface area contributed by atoms with Gasteiger partial charge in [0.15, 0.2) is 0 Å². The first-order valence-corrected chi connectivity index (χ1v) is 6.04. The zero-order valence-corrected chi connectivity index (χ0v) is 10.7. The van der Waals surface area contributed by atoms with Crippen LogP contribution >= 0.6 is 0 Å². The first kappa shape index (κ1) is 11.9. The molecule has 1 heterocycles. The van der Waals surface area contributed by atoms with Crippen LogP contribution in [0.5, 0.6) is 0 Å². The first-order chi connectivity index (χ1) is 8.19. The molecule has 94 valence electrons. The molecule has 0 atom stereocenters. The largest absolute Gasteiger partial charge is 0.357 e. The molecule has 0 aromatic carbocycles. The van der Waals surface area contributed by atoms with Gasteiger partial charge in [-0.25, -0.2) is 0 Å². The lowest BCUT2D eigenvalue weighted by Crippen LogP contribution is -2.23. The minimum absolute atomic E-state index is 0.597. The Morgan fingerprint density at radius 1 is 1.18 bits per heavy atom. The highest BCUT2D eigenvalue weighted by molar-refractivity contribution is 5.42. The lowest BCUT2D eigenvalue weighted by atomic mass is 9.85. The van der Waals surface area contributed by atoms with Crippen molar-refractivity contribution in [3.8, 4) is 0 Å². The summed E-state index contributed by atoms with van der Waals surface area (Å²) in [5, 5.41) is 6.24. The van der Waals surface area contributed by atoms with Gasteiger partial charge in [0.1, 0.15) is 0 Å². The van der Waals surface area contributed by atoms with E-state index in [0.29, 0.717) is 17.8 Å². The van der Waals surface area contributed by atoms with Crippen molar-refractivity contribution in [1.29, 1.82) is 0 Å². The summed E-state index contributed by atoms with van der Waals surface area (Å²) >= 11 is 0. The number of hydrogen-bond acceptors (Lipinski definition) is 6. The predicted molar refractivity (Wildman–Crippen MR) is 69.5 cm³/mol. The van der Waals surface area contributed by atoms with Gasteiger partial charge in [0.05, 0.1) is 0 Å². The molecule has 1 aromatic rings. The van der Waals surface area contributed by atoms with Crippen LogP contribution in [0.3, 0.4) is 0 Å². The maximum absolute atomic E-state index is 4.36. The van der Waals surface area contributed by atoms with E-state index in [0.717, 1.165) is 12.5 Å². The van der Waals surface area contributed by atoms with Crippen LogP contribution in [0, 0.1) is 5.92 Å². The Morgan fingerprint density at radius 2 is 1.88 bits per heavy atom. The standard InChI is InChI=1S/C11H20N6/c1-12-9-14-10(13-7-8-5-4-6-8)16-11(15-9)17(2)3/h8H,4-7H2,1-3H3,(H2,12,13,14,15,16). The molecule has 0 aliphatic heterocycles. The molecule has 2 rings (SSSR count). The molecule has 6 nitrogen and oxygen atoms in total. The normalized spacial score (nSPS) is 15.2. The maximum Gasteiger partial charge on any atom is 0.231 e. The third-order valence-electron chi connectivity index (χ3n) is 3.02. The zero-order valence-electron chi connectivity index (χ0n) is 10.7. The molecule has 0 spiro atoms. The Hall–Kier alpha value is -1.59. The van der Waals surface area contributed by atoms with Crippen LogP contribution in [0.4, 0.5) is 17.8 Å². The summed E-state index contributed by atoms with van der Waals surface area (Å²) < 4.78 is 0. The molecule has 1 fully saturated rings. The highest BCUT2D eigenvalue weighted by Crippen LogP contribution is 2.26. The van der Waals surface area contributed by atoms with E-state index >= 15 is 0 Å². The summed E-state index contributed by atoms with van der Waals surface area (Å²) in [7, 11) is 5.65. The zero-order chi connectivity index (χ0) is 12.3. The molecule has 0 bridgehead atoms. The summed E-state index contributed by atoms with van der Waals surface area (Å²) in [6.07, 6.45) is 3.99. The Labute approximate surface area is 102 Å². The smallest absolute Gasteiger partial charge is 0.231 e. The number of anilines is 3. The number of nitrogens with zero attached hydrogens (tertiary/aromatic N) is 4. The van der Waals surface area contributed by atoms with E-state index in [-0.39, 0.29) is 0 Å². The third kappa shape index (κ3) is 2.95. The van der Waals surface area contributed by atoms with E-state index in [4.69, 9.17) is 0 Å². The second kappa shape index (κ2) is 5.16. The number of nitrogens with one attached hydrogen (secondary N) is 2. The lowest BCUT2D eigenvalue weighted by Gasteiger charge is -2.25. The van der Waals surface area contributed by atoms with Gasteiger partial charge in [-0.1, -0.05) is 6.42 Å². The third-order valence-corrected chi connectivity index (χ3v) is 3.02. The Balaban J connectivity index is 2.05. The Bertz CT molecular complexity index is 374. The average Bonchev–Trinajstić information content (AvgIpc) is 2.26. The van der Waals surface area contributed by atoms with Crippen molar-refractivity contribution in [2.45, 2.75) is 19.3 Å². The van der Waals surface area contributed by atoms with E-state index < -0.39 is 0 Å². The van der Waals surface area contributed by atoms with Crippen LogP contribution in [-0.4, -0.2) is 42.6 Å². The van der Waals surface area contributed by atoms with Gasteiger partial charge in [-0.2, -0.15) is 15.0 Å². The lowest BCUT2D eigenvalue weighted by molar-refractivity contribution is 0.333. The topological polar surface area (TPSA) is 66.0 Å². The average molecular weight is 236 g/mol. The van der Waals surface area contributed by atoms with E-state index in [1.54, 1.807) is 0 Å². The van der Waals surface area contributed by atoms with E-state index in [9.17, 15) is 0 Å². The van der Waals surface area contributed by atoms with E-state index in [1.165, 1.54) is 19.3 Å². The second-order valence-electron chi connectivity index (χ2n) is 4.60. The molecule has 1 aromatic heterocycles. The molecule has 0 saturated heterocycles. The van der Waals surface area contributed by atoms with Crippen molar-refractivity contribution in [2.24, 2.45) is 5.92 Å². The minimum Gasteiger partial charge on any atom is -0.357 e. The minimum atomic E-state index is 0.597. The summed E-state index contributed by atoms with van der Waals surface area (Å²) in [6.45, 7) is 0.958. The molecule has 0 amide bonds. The summed E-state index contributed by atoms with van der Waals surface area (Å²) in [5.41, 5.74) is 0. The molecule has 17 heavy (non-hydrogen) atoms. The van der Waals surface area contributed by atoms with Crippen molar-refractivity contribution in [2.75, 3.05) is 43.2 Å². The SMILES string of the molecule is CNc1nc(NCC2CCC2)nc(N(C)C)n1. The Kier molecular flexibility index (Phi) is 3.61. The van der Waals surface area contributed by atoms with Gasteiger partial charge in [0.2, 0.25) is 17.8 Å². The molecule has 0 unspecified atom stereocenters. The highest BCUT2D eigenvalue weighted by Gasteiger charge is 2.17. The quantitative estimate of drug-likeness (QED) is 0.800. The molecule has 2 N–H and O–H groups in total. The molecular weight excluding hydrogens is 216 g/mol. The van der Waals surface area contributed by atoms with Crippen LogP contribution in [0.15, 0.2) is 0 Å². The van der Waals surface area contributed by atoms with Gasteiger partial charge < -0.3 is 15.5 Å². The summed E-state index contributed by atoms with van der Waals surface area (Å²) in [6, 6.07) is 0. The van der Waals surface area contributed by atoms with Gasteiger partial charge in [-0.3, -0.25) is 0 Å². The van der Waals surface area contributed by atoms with E-state index in [2.05, 4.69) is 25.6 Å². The number of hydrogen-bond donors (Lipinski definition) is 2. The van der Waals surface area contributed by atoms with Crippen LogP contribution in [0.2, 0.25) is 0 Å². The molecule has 0 radical (unpaired) electrons. The fourth-order valence-electron chi connectivity index (χ4n) is 1.69. The second-order valence-corrected chi connectivity index (χ2v) is 4.60. The Morgan fingerprint density at radius 3 is 2.41 bits per heavy atom. The highest BCUT2D eigenvalue weighted by atomic mass is 15.3. The fourth-order valence-corrected chi connectivity index (χ4v) is 1.69. The molecule has 1 aliphatic carbocycles. The predicted octanol–water partition coefficient (Wildman–Crippen LogP) is 1.19. The molecule has 6 heteroatoms. The van der Waals surface area contributed by atoms with E-state index in [1.807, 2.05) is 26.0 Å². The van der Waals surface area contributed by atoms with Gasteiger partial charge in [-0.15, -0.1) is 0 Å². The van der Waals surface area contributed by atoms with Crippen LogP contribution < -0.4 is 15.5 Å². The van der Waals surface area contributed by atoms with Crippen molar-refractivity contribution in [1.82, 2.24) is 15.0 Å². The molecule has 1 aliphatic rings.